The molecule has 1 unspecified atom stereocenters. The third-order valence-electron chi connectivity index (χ3n) is 3.02. The summed E-state index contributed by atoms with van der Waals surface area (Å²) in [4.78, 5) is 11.0. The fourth-order valence-electron chi connectivity index (χ4n) is 1.93. The van der Waals surface area contributed by atoms with E-state index in [0.29, 0.717) is 0 Å². The van der Waals surface area contributed by atoms with Crippen molar-refractivity contribution in [1.29, 1.82) is 0 Å². The summed E-state index contributed by atoms with van der Waals surface area (Å²) in [5, 5.41) is 14.4. The van der Waals surface area contributed by atoms with Gasteiger partial charge in [0.05, 0.1) is 11.4 Å². The second-order valence-corrected chi connectivity index (χ2v) is 4.01. The standard InChI is InChI=1S/C12H14N2O2/c1-7(12(15)16)9-5-4-6-10-11(9)8(2)14(3)13-10/h4-7H,1-3H3,(H,15,16). The van der Waals surface area contributed by atoms with Crippen molar-refractivity contribution in [1.82, 2.24) is 9.78 Å². The molecule has 1 atom stereocenters. The van der Waals surface area contributed by atoms with Crippen molar-refractivity contribution >= 4 is 16.9 Å². The van der Waals surface area contributed by atoms with Crippen LogP contribution in [0, 0.1) is 6.92 Å². The van der Waals surface area contributed by atoms with E-state index >= 15 is 0 Å². The number of carbonyl (C=O) groups is 1. The largest absolute Gasteiger partial charge is 0.481 e. The van der Waals surface area contributed by atoms with Crippen molar-refractivity contribution in [3.05, 3.63) is 29.5 Å². The molecule has 1 heterocycles. The molecule has 0 spiro atoms. The van der Waals surface area contributed by atoms with Gasteiger partial charge in [-0.2, -0.15) is 5.10 Å². The lowest BCUT2D eigenvalue weighted by molar-refractivity contribution is -0.138. The van der Waals surface area contributed by atoms with Gasteiger partial charge in [-0.25, -0.2) is 0 Å². The number of carboxylic acids is 1. The monoisotopic (exact) mass is 218 g/mol. The molecule has 0 radical (unpaired) electrons. The van der Waals surface area contributed by atoms with Crippen LogP contribution >= 0.6 is 0 Å². The molecule has 0 bridgehead atoms. The predicted octanol–water partition coefficient (Wildman–Crippen LogP) is 2.07. The van der Waals surface area contributed by atoms with Crippen LogP contribution in [0.25, 0.3) is 10.9 Å². The van der Waals surface area contributed by atoms with Crippen molar-refractivity contribution in [2.45, 2.75) is 19.8 Å². The Labute approximate surface area is 93.5 Å². The summed E-state index contributed by atoms with van der Waals surface area (Å²) in [5.74, 6) is -1.32. The maximum Gasteiger partial charge on any atom is 0.310 e. The van der Waals surface area contributed by atoms with Gasteiger partial charge in [-0.1, -0.05) is 12.1 Å². The summed E-state index contributed by atoms with van der Waals surface area (Å²) in [6.45, 7) is 3.65. The number of aromatic nitrogens is 2. The topological polar surface area (TPSA) is 55.1 Å². The first-order valence-corrected chi connectivity index (χ1v) is 5.17. The zero-order valence-electron chi connectivity index (χ0n) is 9.56. The molecule has 0 aliphatic rings. The first-order chi connectivity index (χ1) is 7.52. The molecule has 0 saturated heterocycles. The zero-order chi connectivity index (χ0) is 11.9. The number of hydrogen-bond donors (Lipinski definition) is 1. The maximum atomic E-state index is 11.0. The average Bonchev–Trinajstić information content (AvgIpc) is 2.54. The number of nitrogens with zero attached hydrogens (tertiary/aromatic N) is 2. The molecule has 16 heavy (non-hydrogen) atoms. The molecule has 1 aromatic carbocycles. The van der Waals surface area contributed by atoms with Crippen molar-refractivity contribution in [3.8, 4) is 0 Å². The molecule has 84 valence electrons. The van der Waals surface area contributed by atoms with E-state index in [2.05, 4.69) is 5.10 Å². The van der Waals surface area contributed by atoms with E-state index in [9.17, 15) is 4.79 Å². The second-order valence-electron chi connectivity index (χ2n) is 4.01. The third kappa shape index (κ3) is 1.46. The molecule has 0 saturated carbocycles. The minimum atomic E-state index is -0.809. The SMILES string of the molecule is Cc1c2c(C(C)C(=O)O)cccc2nn1C. The number of rotatable bonds is 2. The number of fused-ring (bicyclic) bond motifs is 1. The summed E-state index contributed by atoms with van der Waals surface area (Å²) in [7, 11) is 1.87. The van der Waals surface area contributed by atoms with Gasteiger partial charge in [-0.3, -0.25) is 9.48 Å². The Bertz CT molecular complexity index is 557. The Morgan fingerprint density at radius 3 is 2.81 bits per heavy atom. The summed E-state index contributed by atoms with van der Waals surface area (Å²) in [6, 6.07) is 5.61. The Morgan fingerprint density at radius 2 is 2.19 bits per heavy atom. The van der Waals surface area contributed by atoms with Gasteiger partial charge in [0.2, 0.25) is 0 Å². The zero-order valence-corrected chi connectivity index (χ0v) is 9.56. The lowest BCUT2D eigenvalue weighted by Crippen LogP contribution is -2.07. The summed E-state index contributed by atoms with van der Waals surface area (Å²) in [5.41, 5.74) is 2.68. The number of benzene rings is 1. The molecule has 2 aromatic rings. The fraction of sp³-hybridized carbons (Fsp3) is 0.333. The summed E-state index contributed by atoms with van der Waals surface area (Å²) < 4.78 is 1.78. The smallest absolute Gasteiger partial charge is 0.310 e. The highest BCUT2D eigenvalue weighted by Gasteiger charge is 2.19. The first-order valence-electron chi connectivity index (χ1n) is 5.17. The Balaban J connectivity index is 2.74. The number of aryl methyl sites for hydroxylation is 2. The quantitative estimate of drug-likeness (QED) is 0.839. The van der Waals surface area contributed by atoms with E-state index in [1.54, 1.807) is 11.6 Å². The molecular weight excluding hydrogens is 204 g/mol. The van der Waals surface area contributed by atoms with Crippen molar-refractivity contribution in [2.75, 3.05) is 0 Å². The highest BCUT2D eigenvalue weighted by atomic mass is 16.4. The highest BCUT2D eigenvalue weighted by Crippen LogP contribution is 2.27. The molecule has 0 aliphatic carbocycles. The molecule has 4 heteroatoms. The van der Waals surface area contributed by atoms with Crippen LogP contribution in [0.5, 0.6) is 0 Å². The van der Waals surface area contributed by atoms with Crippen molar-refractivity contribution in [2.24, 2.45) is 7.05 Å². The fourth-order valence-corrected chi connectivity index (χ4v) is 1.93. The van der Waals surface area contributed by atoms with E-state index in [1.807, 2.05) is 32.2 Å². The Morgan fingerprint density at radius 1 is 1.50 bits per heavy atom. The molecule has 1 aromatic heterocycles. The number of carboxylic acid groups (broad SMARTS) is 1. The van der Waals surface area contributed by atoms with Crippen molar-refractivity contribution in [3.63, 3.8) is 0 Å². The van der Waals surface area contributed by atoms with Crippen LogP contribution in [0.1, 0.15) is 24.1 Å². The molecule has 0 amide bonds. The Hall–Kier alpha value is -1.84. The normalized spacial score (nSPS) is 12.9. The van der Waals surface area contributed by atoms with Crippen LogP contribution in [-0.2, 0) is 11.8 Å². The van der Waals surface area contributed by atoms with Gasteiger partial charge >= 0.3 is 5.97 Å². The van der Waals surface area contributed by atoms with Gasteiger partial charge in [0, 0.05) is 18.1 Å². The third-order valence-corrected chi connectivity index (χ3v) is 3.02. The van der Waals surface area contributed by atoms with Gasteiger partial charge in [0.15, 0.2) is 0 Å². The van der Waals surface area contributed by atoms with E-state index < -0.39 is 11.9 Å². The van der Waals surface area contributed by atoms with Gasteiger partial charge in [-0.05, 0) is 25.5 Å². The summed E-state index contributed by atoms with van der Waals surface area (Å²) >= 11 is 0. The van der Waals surface area contributed by atoms with Crippen LogP contribution in [0.3, 0.4) is 0 Å². The van der Waals surface area contributed by atoms with Gasteiger partial charge in [0.25, 0.3) is 0 Å². The van der Waals surface area contributed by atoms with Gasteiger partial charge in [-0.15, -0.1) is 0 Å². The van der Waals surface area contributed by atoms with E-state index in [-0.39, 0.29) is 0 Å². The molecular formula is C12H14N2O2. The van der Waals surface area contributed by atoms with Crippen molar-refractivity contribution < 1.29 is 9.90 Å². The molecule has 1 N–H and O–H groups in total. The first kappa shape index (κ1) is 10.7. The van der Waals surface area contributed by atoms with E-state index in [4.69, 9.17) is 5.11 Å². The van der Waals surface area contributed by atoms with Crippen LogP contribution in [0.15, 0.2) is 18.2 Å². The minimum absolute atomic E-state index is 0.508. The van der Waals surface area contributed by atoms with Crippen LogP contribution < -0.4 is 0 Å². The molecule has 2 rings (SSSR count). The minimum Gasteiger partial charge on any atom is -0.481 e. The lowest BCUT2D eigenvalue weighted by atomic mass is 9.96. The number of hydrogen-bond acceptors (Lipinski definition) is 2. The average molecular weight is 218 g/mol. The molecule has 4 nitrogen and oxygen atoms in total. The van der Waals surface area contributed by atoms with Crippen LogP contribution in [0.4, 0.5) is 0 Å². The van der Waals surface area contributed by atoms with E-state index in [0.717, 1.165) is 22.2 Å². The van der Waals surface area contributed by atoms with Crippen LogP contribution in [0.2, 0.25) is 0 Å². The second kappa shape index (κ2) is 3.63. The predicted molar refractivity (Wildman–Crippen MR) is 61.5 cm³/mol. The van der Waals surface area contributed by atoms with Gasteiger partial charge in [0.1, 0.15) is 0 Å². The molecule has 0 fully saturated rings. The van der Waals surface area contributed by atoms with Crippen LogP contribution in [-0.4, -0.2) is 20.9 Å². The number of aliphatic carboxylic acids is 1. The summed E-state index contributed by atoms with van der Waals surface area (Å²) in [6.07, 6.45) is 0. The highest BCUT2D eigenvalue weighted by molar-refractivity contribution is 5.90. The van der Waals surface area contributed by atoms with E-state index in [1.165, 1.54) is 0 Å². The Kier molecular flexibility index (Phi) is 2.42. The van der Waals surface area contributed by atoms with Gasteiger partial charge < -0.3 is 5.11 Å². The maximum absolute atomic E-state index is 11.0. The molecule has 0 aliphatic heterocycles. The lowest BCUT2D eigenvalue weighted by Gasteiger charge is -2.08.